The van der Waals surface area contributed by atoms with E-state index in [1.165, 1.54) is 11.1 Å². The molecule has 1 aliphatic rings. The Bertz CT molecular complexity index is 588. The van der Waals surface area contributed by atoms with Crippen LogP contribution >= 0.6 is 11.6 Å². The summed E-state index contributed by atoms with van der Waals surface area (Å²) in [7, 11) is 1.61. The minimum absolute atomic E-state index is 0.0663. The number of nitrogens with one attached hydrogen (secondary N) is 1. The lowest BCUT2D eigenvalue weighted by molar-refractivity contribution is 0.398. The first-order valence-corrected chi connectivity index (χ1v) is 6.70. The predicted octanol–water partition coefficient (Wildman–Crippen LogP) is 3.41. The number of aromatic nitrogens is 1. The Morgan fingerprint density at radius 2 is 2.16 bits per heavy atom. The molecule has 0 bridgehead atoms. The van der Waals surface area contributed by atoms with Crippen molar-refractivity contribution in [2.45, 2.75) is 17.8 Å². The average Bonchev–Trinajstić information content (AvgIpc) is 2.76. The largest absolute Gasteiger partial charge is 0.481 e. The first-order chi connectivity index (χ1) is 9.28. The number of alkyl halides is 1. The molecule has 0 saturated carbocycles. The Balaban J connectivity index is 1.87. The molecule has 0 fully saturated rings. The van der Waals surface area contributed by atoms with Crippen molar-refractivity contribution in [3.63, 3.8) is 0 Å². The normalized spacial score (nSPS) is 20.9. The SMILES string of the molecule is COc1cc(NC2c3ccccc3CC2Cl)ccn1. The lowest BCUT2D eigenvalue weighted by atomic mass is 10.1. The fourth-order valence-corrected chi connectivity index (χ4v) is 2.87. The van der Waals surface area contributed by atoms with Gasteiger partial charge in [-0.3, -0.25) is 0 Å². The van der Waals surface area contributed by atoms with Gasteiger partial charge in [0.2, 0.25) is 5.88 Å². The lowest BCUT2D eigenvalue weighted by Gasteiger charge is -2.19. The van der Waals surface area contributed by atoms with E-state index in [2.05, 4.69) is 34.6 Å². The lowest BCUT2D eigenvalue weighted by Crippen LogP contribution is -2.16. The third kappa shape index (κ3) is 2.38. The van der Waals surface area contributed by atoms with E-state index in [1.54, 1.807) is 13.3 Å². The highest BCUT2D eigenvalue weighted by molar-refractivity contribution is 6.21. The Labute approximate surface area is 117 Å². The number of hydrogen-bond acceptors (Lipinski definition) is 3. The van der Waals surface area contributed by atoms with Gasteiger partial charge in [0.25, 0.3) is 0 Å². The highest BCUT2D eigenvalue weighted by Gasteiger charge is 2.30. The van der Waals surface area contributed by atoms with Crippen molar-refractivity contribution in [3.05, 3.63) is 53.7 Å². The smallest absolute Gasteiger partial charge is 0.214 e. The van der Waals surface area contributed by atoms with E-state index in [4.69, 9.17) is 16.3 Å². The molecule has 4 heteroatoms. The van der Waals surface area contributed by atoms with Gasteiger partial charge in [-0.1, -0.05) is 24.3 Å². The van der Waals surface area contributed by atoms with Crippen LogP contribution in [0.15, 0.2) is 42.6 Å². The van der Waals surface area contributed by atoms with Crippen molar-refractivity contribution in [1.82, 2.24) is 4.98 Å². The number of fused-ring (bicyclic) bond motifs is 1. The number of rotatable bonds is 3. The van der Waals surface area contributed by atoms with Crippen LogP contribution in [-0.2, 0) is 6.42 Å². The van der Waals surface area contributed by atoms with Crippen LogP contribution in [0.25, 0.3) is 0 Å². The highest BCUT2D eigenvalue weighted by Crippen LogP contribution is 2.37. The van der Waals surface area contributed by atoms with Gasteiger partial charge < -0.3 is 10.1 Å². The molecule has 2 unspecified atom stereocenters. The average molecular weight is 275 g/mol. The predicted molar refractivity (Wildman–Crippen MR) is 76.9 cm³/mol. The fourth-order valence-electron chi connectivity index (χ4n) is 2.50. The van der Waals surface area contributed by atoms with Crippen LogP contribution in [-0.4, -0.2) is 17.5 Å². The van der Waals surface area contributed by atoms with Crippen molar-refractivity contribution in [1.29, 1.82) is 0 Å². The topological polar surface area (TPSA) is 34.1 Å². The van der Waals surface area contributed by atoms with E-state index in [1.807, 2.05) is 12.1 Å². The van der Waals surface area contributed by atoms with Gasteiger partial charge in [0.05, 0.1) is 18.5 Å². The van der Waals surface area contributed by atoms with Gasteiger partial charge in [-0.2, -0.15) is 0 Å². The number of methoxy groups -OCH3 is 1. The van der Waals surface area contributed by atoms with Gasteiger partial charge in [0.15, 0.2) is 0 Å². The maximum atomic E-state index is 6.46. The van der Waals surface area contributed by atoms with Crippen molar-refractivity contribution in [2.75, 3.05) is 12.4 Å². The summed E-state index contributed by atoms with van der Waals surface area (Å²) < 4.78 is 5.13. The van der Waals surface area contributed by atoms with E-state index >= 15 is 0 Å². The van der Waals surface area contributed by atoms with Gasteiger partial charge in [0.1, 0.15) is 0 Å². The Kier molecular flexibility index (Phi) is 3.30. The number of benzene rings is 1. The van der Waals surface area contributed by atoms with E-state index in [0.29, 0.717) is 5.88 Å². The summed E-state index contributed by atoms with van der Waals surface area (Å²) >= 11 is 6.46. The Morgan fingerprint density at radius 3 is 3.00 bits per heavy atom. The summed E-state index contributed by atoms with van der Waals surface area (Å²) in [5, 5.41) is 3.54. The number of pyridine rings is 1. The van der Waals surface area contributed by atoms with E-state index in [9.17, 15) is 0 Å². The molecule has 3 rings (SSSR count). The molecule has 3 nitrogen and oxygen atoms in total. The van der Waals surface area contributed by atoms with Crippen molar-refractivity contribution < 1.29 is 4.74 Å². The van der Waals surface area contributed by atoms with Crippen LogP contribution in [0.4, 0.5) is 5.69 Å². The molecule has 1 N–H and O–H groups in total. The molecule has 1 aliphatic carbocycles. The van der Waals surface area contributed by atoms with Gasteiger partial charge in [-0.25, -0.2) is 4.98 Å². The minimum Gasteiger partial charge on any atom is -0.481 e. The molecular weight excluding hydrogens is 260 g/mol. The van der Waals surface area contributed by atoms with Crippen LogP contribution in [0, 0.1) is 0 Å². The molecule has 0 saturated heterocycles. The third-order valence-corrected chi connectivity index (χ3v) is 3.84. The monoisotopic (exact) mass is 274 g/mol. The minimum atomic E-state index is 0.0663. The van der Waals surface area contributed by atoms with Crippen LogP contribution in [0.2, 0.25) is 0 Å². The third-order valence-electron chi connectivity index (χ3n) is 3.43. The van der Waals surface area contributed by atoms with Crippen molar-refractivity contribution in [3.8, 4) is 5.88 Å². The zero-order valence-corrected chi connectivity index (χ0v) is 11.4. The fraction of sp³-hybridized carbons (Fsp3) is 0.267. The number of anilines is 1. The van der Waals surface area contributed by atoms with E-state index in [0.717, 1.165) is 12.1 Å². The van der Waals surface area contributed by atoms with E-state index in [-0.39, 0.29) is 11.4 Å². The Morgan fingerprint density at radius 1 is 1.32 bits per heavy atom. The van der Waals surface area contributed by atoms with Crippen LogP contribution < -0.4 is 10.1 Å². The summed E-state index contributed by atoms with van der Waals surface area (Å²) in [6.07, 6.45) is 2.63. The second-order valence-electron chi connectivity index (χ2n) is 4.63. The van der Waals surface area contributed by atoms with Crippen molar-refractivity contribution in [2.24, 2.45) is 0 Å². The molecule has 2 aromatic rings. The standard InChI is InChI=1S/C15H15ClN2O/c1-19-14-9-11(6-7-17-14)18-15-12-5-3-2-4-10(12)8-13(15)16/h2-7,9,13,15H,8H2,1H3,(H,17,18). The molecule has 0 spiro atoms. The molecule has 98 valence electrons. The second-order valence-corrected chi connectivity index (χ2v) is 5.19. The molecule has 1 heterocycles. The number of ether oxygens (including phenoxy) is 1. The molecular formula is C15H15ClN2O. The van der Waals surface area contributed by atoms with Crippen molar-refractivity contribution >= 4 is 17.3 Å². The zero-order chi connectivity index (χ0) is 13.2. The zero-order valence-electron chi connectivity index (χ0n) is 10.6. The summed E-state index contributed by atoms with van der Waals surface area (Å²) in [5.74, 6) is 0.599. The molecule has 19 heavy (non-hydrogen) atoms. The maximum Gasteiger partial charge on any atom is 0.214 e. The molecule has 0 radical (unpaired) electrons. The first kappa shape index (κ1) is 12.3. The summed E-state index contributed by atoms with van der Waals surface area (Å²) in [6, 6.07) is 12.3. The van der Waals surface area contributed by atoms with Crippen LogP contribution in [0.3, 0.4) is 0 Å². The molecule has 2 atom stereocenters. The number of nitrogens with zero attached hydrogens (tertiary/aromatic N) is 1. The summed E-state index contributed by atoms with van der Waals surface area (Å²) in [5.41, 5.74) is 3.57. The van der Waals surface area contributed by atoms with Gasteiger partial charge in [0, 0.05) is 18.0 Å². The van der Waals surface area contributed by atoms with Crippen LogP contribution in [0.1, 0.15) is 17.2 Å². The summed E-state index contributed by atoms with van der Waals surface area (Å²) in [4.78, 5) is 4.10. The quantitative estimate of drug-likeness (QED) is 0.871. The number of hydrogen-bond donors (Lipinski definition) is 1. The van der Waals surface area contributed by atoms with E-state index < -0.39 is 0 Å². The van der Waals surface area contributed by atoms with Crippen LogP contribution in [0.5, 0.6) is 5.88 Å². The molecule has 1 aromatic heterocycles. The second kappa shape index (κ2) is 5.10. The molecule has 0 aliphatic heterocycles. The Hall–Kier alpha value is -1.74. The first-order valence-electron chi connectivity index (χ1n) is 6.26. The number of halogens is 1. The maximum absolute atomic E-state index is 6.46. The van der Waals surface area contributed by atoms with Gasteiger partial charge in [-0.15, -0.1) is 11.6 Å². The molecule has 1 aromatic carbocycles. The summed E-state index contributed by atoms with van der Waals surface area (Å²) in [6.45, 7) is 0. The molecule has 0 amide bonds. The van der Waals surface area contributed by atoms with Gasteiger partial charge >= 0.3 is 0 Å². The highest BCUT2D eigenvalue weighted by atomic mass is 35.5. The van der Waals surface area contributed by atoms with Gasteiger partial charge in [-0.05, 0) is 23.6 Å².